The second-order valence-electron chi connectivity index (χ2n) is 5.14. The molecule has 4 heteroatoms. The van der Waals surface area contributed by atoms with Gasteiger partial charge < -0.3 is 9.80 Å². The molecule has 4 nitrogen and oxygen atoms in total. The SMILES string of the molecule is CCC1(C)NCN(CCN2CCCC2)C1=O. The van der Waals surface area contributed by atoms with E-state index in [4.69, 9.17) is 0 Å². The second kappa shape index (κ2) is 4.72. The maximum Gasteiger partial charge on any atom is 0.243 e. The molecule has 2 fully saturated rings. The molecule has 1 unspecified atom stereocenters. The zero-order valence-corrected chi connectivity index (χ0v) is 10.5. The van der Waals surface area contributed by atoms with Crippen molar-refractivity contribution in [2.75, 3.05) is 32.8 Å². The van der Waals surface area contributed by atoms with Crippen LogP contribution in [-0.4, -0.2) is 54.1 Å². The molecule has 92 valence electrons. The van der Waals surface area contributed by atoms with Crippen molar-refractivity contribution < 1.29 is 4.79 Å². The van der Waals surface area contributed by atoms with E-state index in [1.54, 1.807) is 0 Å². The van der Waals surface area contributed by atoms with Crippen LogP contribution in [0.15, 0.2) is 0 Å². The van der Waals surface area contributed by atoms with Crippen LogP contribution in [0.25, 0.3) is 0 Å². The van der Waals surface area contributed by atoms with Crippen molar-refractivity contribution >= 4 is 5.91 Å². The van der Waals surface area contributed by atoms with Gasteiger partial charge in [0.25, 0.3) is 0 Å². The van der Waals surface area contributed by atoms with Crippen molar-refractivity contribution in [3.8, 4) is 0 Å². The first-order valence-corrected chi connectivity index (χ1v) is 6.42. The summed E-state index contributed by atoms with van der Waals surface area (Å²) in [5, 5.41) is 3.32. The summed E-state index contributed by atoms with van der Waals surface area (Å²) in [7, 11) is 0. The quantitative estimate of drug-likeness (QED) is 0.762. The number of amides is 1. The van der Waals surface area contributed by atoms with Gasteiger partial charge in [-0.05, 0) is 39.3 Å². The Balaban J connectivity index is 1.80. The number of rotatable bonds is 4. The lowest BCUT2D eigenvalue weighted by Gasteiger charge is -2.23. The average molecular weight is 225 g/mol. The Bertz CT molecular complexity index is 263. The van der Waals surface area contributed by atoms with E-state index < -0.39 is 0 Å². The number of hydrogen-bond acceptors (Lipinski definition) is 3. The fourth-order valence-electron chi connectivity index (χ4n) is 2.49. The Labute approximate surface area is 98.0 Å². The lowest BCUT2D eigenvalue weighted by atomic mass is 9.99. The van der Waals surface area contributed by atoms with Crippen LogP contribution in [0.3, 0.4) is 0 Å². The predicted molar refractivity (Wildman–Crippen MR) is 64.1 cm³/mol. The number of carbonyl (C=O) groups excluding carboxylic acids is 1. The van der Waals surface area contributed by atoms with Crippen molar-refractivity contribution in [3.05, 3.63) is 0 Å². The summed E-state index contributed by atoms with van der Waals surface area (Å²) in [4.78, 5) is 16.5. The molecule has 16 heavy (non-hydrogen) atoms. The minimum absolute atomic E-state index is 0.272. The van der Waals surface area contributed by atoms with Gasteiger partial charge in [0.2, 0.25) is 5.91 Å². The minimum atomic E-state index is -0.314. The van der Waals surface area contributed by atoms with E-state index in [0.29, 0.717) is 0 Å². The van der Waals surface area contributed by atoms with Gasteiger partial charge in [0.1, 0.15) is 0 Å². The van der Waals surface area contributed by atoms with Crippen LogP contribution in [-0.2, 0) is 4.79 Å². The molecule has 0 saturated carbocycles. The van der Waals surface area contributed by atoms with E-state index in [1.807, 2.05) is 11.8 Å². The van der Waals surface area contributed by atoms with Gasteiger partial charge in [-0.25, -0.2) is 0 Å². The molecule has 0 spiro atoms. The Kier molecular flexibility index (Phi) is 3.50. The van der Waals surface area contributed by atoms with Crippen LogP contribution in [0.2, 0.25) is 0 Å². The second-order valence-corrected chi connectivity index (χ2v) is 5.14. The van der Waals surface area contributed by atoms with E-state index in [0.717, 1.165) is 26.2 Å². The third-order valence-electron chi connectivity index (χ3n) is 4.01. The topological polar surface area (TPSA) is 35.6 Å². The van der Waals surface area contributed by atoms with Crippen molar-refractivity contribution in [2.45, 2.75) is 38.6 Å². The third kappa shape index (κ3) is 2.23. The van der Waals surface area contributed by atoms with E-state index in [9.17, 15) is 4.79 Å². The normalized spacial score (nSPS) is 31.6. The predicted octanol–water partition coefficient (Wildman–Crippen LogP) is 0.640. The number of nitrogens with one attached hydrogen (secondary N) is 1. The van der Waals surface area contributed by atoms with Crippen LogP contribution in [0.1, 0.15) is 33.1 Å². The molecule has 1 amide bonds. The van der Waals surface area contributed by atoms with E-state index in [1.165, 1.54) is 25.9 Å². The van der Waals surface area contributed by atoms with Gasteiger partial charge in [-0.3, -0.25) is 10.1 Å². The summed E-state index contributed by atoms with van der Waals surface area (Å²) in [5.74, 6) is 0.272. The molecule has 0 bridgehead atoms. The summed E-state index contributed by atoms with van der Waals surface area (Å²) in [6.45, 7) is 9.12. The molecule has 2 rings (SSSR count). The minimum Gasteiger partial charge on any atom is -0.327 e. The first kappa shape index (κ1) is 11.9. The highest BCUT2D eigenvalue weighted by Crippen LogP contribution is 2.19. The van der Waals surface area contributed by atoms with Crippen LogP contribution < -0.4 is 5.32 Å². The van der Waals surface area contributed by atoms with E-state index in [2.05, 4.69) is 17.1 Å². The number of likely N-dealkylation sites (tertiary alicyclic amines) is 1. The van der Waals surface area contributed by atoms with Crippen LogP contribution >= 0.6 is 0 Å². The molecule has 2 saturated heterocycles. The Morgan fingerprint density at radius 1 is 1.31 bits per heavy atom. The van der Waals surface area contributed by atoms with Gasteiger partial charge in [-0.15, -0.1) is 0 Å². The molecule has 0 radical (unpaired) electrons. The molecule has 0 aromatic rings. The molecule has 0 aromatic carbocycles. The van der Waals surface area contributed by atoms with Gasteiger partial charge in [0.05, 0.1) is 12.2 Å². The molecule has 2 heterocycles. The molecule has 0 aliphatic carbocycles. The zero-order valence-electron chi connectivity index (χ0n) is 10.5. The molecule has 2 aliphatic rings. The van der Waals surface area contributed by atoms with Gasteiger partial charge in [0.15, 0.2) is 0 Å². The van der Waals surface area contributed by atoms with E-state index in [-0.39, 0.29) is 11.4 Å². The molecular formula is C12H23N3O. The lowest BCUT2D eigenvalue weighted by Crippen LogP contribution is -2.43. The summed E-state index contributed by atoms with van der Waals surface area (Å²) in [5.41, 5.74) is -0.314. The Morgan fingerprint density at radius 3 is 2.56 bits per heavy atom. The fraction of sp³-hybridized carbons (Fsp3) is 0.917. The number of carbonyl (C=O) groups is 1. The highest BCUT2D eigenvalue weighted by atomic mass is 16.2. The fourth-order valence-corrected chi connectivity index (χ4v) is 2.49. The highest BCUT2D eigenvalue weighted by molar-refractivity contribution is 5.87. The smallest absolute Gasteiger partial charge is 0.243 e. The summed E-state index contributed by atoms with van der Waals surface area (Å²) in [6.07, 6.45) is 3.50. The van der Waals surface area contributed by atoms with Gasteiger partial charge >= 0.3 is 0 Å². The maximum absolute atomic E-state index is 12.1. The molecular weight excluding hydrogens is 202 g/mol. The van der Waals surface area contributed by atoms with Crippen LogP contribution in [0, 0.1) is 0 Å². The molecule has 2 aliphatic heterocycles. The van der Waals surface area contributed by atoms with Crippen LogP contribution in [0.5, 0.6) is 0 Å². The van der Waals surface area contributed by atoms with Crippen molar-refractivity contribution in [1.29, 1.82) is 0 Å². The van der Waals surface area contributed by atoms with E-state index >= 15 is 0 Å². The summed E-state index contributed by atoms with van der Waals surface area (Å²) < 4.78 is 0. The molecule has 0 aromatic heterocycles. The monoisotopic (exact) mass is 225 g/mol. The number of hydrogen-bond donors (Lipinski definition) is 1. The van der Waals surface area contributed by atoms with Crippen molar-refractivity contribution in [1.82, 2.24) is 15.1 Å². The van der Waals surface area contributed by atoms with Gasteiger partial charge in [0, 0.05) is 13.1 Å². The third-order valence-corrected chi connectivity index (χ3v) is 4.01. The Morgan fingerprint density at radius 2 is 2.00 bits per heavy atom. The number of nitrogens with zero attached hydrogens (tertiary/aromatic N) is 2. The van der Waals surface area contributed by atoms with Crippen molar-refractivity contribution in [3.63, 3.8) is 0 Å². The first-order chi connectivity index (χ1) is 7.65. The average Bonchev–Trinajstić information content (AvgIpc) is 2.88. The highest BCUT2D eigenvalue weighted by Gasteiger charge is 2.40. The van der Waals surface area contributed by atoms with Crippen molar-refractivity contribution in [2.24, 2.45) is 0 Å². The zero-order chi connectivity index (χ0) is 11.6. The Hall–Kier alpha value is -0.610. The lowest BCUT2D eigenvalue weighted by molar-refractivity contribution is -0.132. The van der Waals surface area contributed by atoms with Crippen LogP contribution in [0.4, 0.5) is 0 Å². The largest absolute Gasteiger partial charge is 0.327 e. The molecule has 1 N–H and O–H groups in total. The van der Waals surface area contributed by atoms with Gasteiger partial charge in [-0.2, -0.15) is 0 Å². The summed E-state index contributed by atoms with van der Waals surface area (Å²) >= 11 is 0. The maximum atomic E-state index is 12.1. The summed E-state index contributed by atoms with van der Waals surface area (Å²) in [6, 6.07) is 0. The van der Waals surface area contributed by atoms with Gasteiger partial charge in [-0.1, -0.05) is 6.92 Å². The first-order valence-electron chi connectivity index (χ1n) is 6.42. The molecule has 1 atom stereocenters. The standard InChI is InChI=1S/C12H23N3O/c1-3-12(2)11(16)15(10-13-12)9-8-14-6-4-5-7-14/h13H,3-10H2,1-2H3.